The number of piperidine rings is 1. The molecule has 1 unspecified atom stereocenters. The number of likely N-dealkylation sites (tertiary alicyclic amines) is 1. The first-order chi connectivity index (χ1) is 8.40. The highest BCUT2D eigenvalue weighted by Crippen LogP contribution is 2.25. The van der Waals surface area contributed by atoms with E-state index in [0.717, 1.165) is 32.4 Å². The first kappa shape index (κ1) is 17.4. The lowest BCUT2D eigenvalue weighted by molar-refractivity contribution is -0.141. The second-order valence-electron chi connectivity index (χ2n) is 4.38. The Hall–Kier alpha value is -0.580. The van der Waals surface area contributed by atoms with Gasteiger partial charge >= 0.3 is 6.18 Å². The molecule has 1 fully saturated rings. The van der Waals surface area contributed by atoms with Gasteiger partial charge in [0.05, 0.1) is 6.04 Å². The molecule has 18 heavy (non-hydrogen) atoms. The summed E-state index contributed by atoms with van der Waals surface area (Å²) in [5.41, 5.74) is 0. The summed E-state index contributed by atoms with van der Waals surface area (Å²) in [7, 11) is 0. The van der Waals surface area contributed by atoms with Crippen molar-refractivity contribution in [3.8, 4) is 0 Å². The van der Waals surface area contributed by atoms with Crippen molar-refractivity contribution >= 4 is 5.78 Å². The smallest absolute Gasteiger partial charge is 0.298 e. The van der Waals surface area contributed by atoms with Crippen LogP contribution in [0, 0.1) is 0 Å². The van der Waals surface area contributed by atoms with Crippen molar-refractivity contribution in [2.24, 2.45) is 0 Å². The summed E-state index contributed by atoms with van der Waals surface area (Å²) < 4.78 is 36.4. The minimum Gasteiger partial charge on any atom is -0.298 e. The Morgan fingerprint density at radius 1 is 1.17 bits per heavy atom. The van der Waals surface area contributed by atoms with Gasteiger partial charge in [-0.25, -0.2) is 0 Å². The van der Waals surface area contributed by atoms with Gasteiger partial charge in [0.2, 0.25) is 0 Å². The van der Waals surface area contributed by atoms with E-state index in [4.69, 9.17) is 0 Å². The van der Waals surface area contributed by atoms with E-state index in [9.17, 15) is 18.0 Å². The van der Waals surface area contributed by atoms with E-state index in [1.165, 1.54) is 6.92 Å². The zero-order valence-electron chi connectivity index (χ0n) is 11.5. The number of nitrogens with zero attached hydrogens (tertiary/aromatic N) is 1. The summed E-state index contributed by atoms with van der Waals surface area (Å²) in [6.45, 7) is 6.89. The van der Waals surface area contributed by atoms with Gasteiger partial charge in [0, 0.05) is 6.42 Å². The van der Waals surface area contributed by atoms with Crippen molar-refractivity contribution in [1.29, 1.82) is 0 Å². The maximum Gasteiger partial charge on any atom is 0.389 e. The molecule has 0 spiro atoms. The van der Waals surface area contributed by atoms with Gasteiger partial charge in [0.1, 0.15) is 5.78 Å². The van der Waals surface area contributed by atoms with Gasteiger partial charge in [0.25, 0.3) is 0 Å². The molecule has 0 saturated carbocycles. The van der Waals surface area contributed by atoms with Crippen molar-refractivity contribution < 1.29 is 18.0 Å². The lowest BCUT2D eigenvalue weighted by Gasteiger charge is -2.33. The zero-order valence-corrected chi connectivity index (χ0v) is 11.5. The third-order valence-corrected chi connectivity index (χ3v) is 3.00. The Labute approximate surface area is 108 Å². The normalized spacial score (nSPS) is 18.8. The van der Waals surface area contributed by atoms with Crippen molar-refractivity contribution in [2.75, 3.05) is 13.1 Å². The summed E-state index contributed by atoms with van der Waals surface area (Å²) in [6, 6.07) is -0.540. The highest BCUT2D eigenvalue weighted by Gasteiger charge is 2.32. The Balaban J connectivity index is 0.00000137. The van der Waals surface area contributed by atoms with Crippen LogP contribution in [-0.2, 0) is 4.79 Å². The number of carbonyl (C=O) groups is 1. The molecule has 108 valence electrons. The molecule has 0 aromatic rings. The van der Waals surface area contributed by atoms with Crippen LogP contribution in [0.1, 0.15) is 52.9 Å². The van der Waals surface area contributed by atoms with Crippen LogP contribution in [0.4, 0.5) is 13.2 Å². The topological polar surface area (TPSA) is 20.3 Å². The third kappa shape index (κ3) is 6.99. The number of hydrogen-bond donors (Lipinski definition) is 0. The number of ketones is 1. The molecule has 0 amide bonds. The van der Waals surface area contributed by atoms with E-state index in [-0.39, 0.29) is 12.2 Å². The molecule has 5 heteroatoms. The molecule has 0 aromatic heterocycles. The first-order valence-corrected chi connectivity index (χ1v) is 6.71. The molecule has 2 nitrogen and oxygen atoms in total. The maximum atomic E-state index is 12.1. The molecule has 1 atom stereocenters. The van der Waals surface area contributed by atoms with E-state index in [2.05, 4.69) is 0 Å². The van der Waals surface area contributed by atoms with Crippen molar-refractivity contribution in [1.82, 2.24) is 4.90 Å². The SMILES string of the molecule is CC.CC(=O)C(CCC(F)(F)F)N1CCCCC1. The molecule has 1 rings (SSSR count). The molecule has 1 aliphatic heterocycles. The minimum absolute atomic E-state index is 0.0984. The molecule has 1 saturated heterocycles. The van der Waals surface area contributed by atoms with Crippen LogP contribution < -0.4 is 0 Å². The van der Waals surface area contributed by atoms with Gasteiger partial charge in [-0.15, -0.1) is 0 Å². The maximum absolute atomic E-state index is 12.1. The lowest BCUT2D eigenvalue weighted by Crippen LogP contribution is -2.43. The van der Waals surface area contributed by atoms with Crippen LogP contribution in [0.15, 0.2) is 0 Å². The summed E-state index contributed by atoms with van der Waals surface area (Å²) >= 11 is 0. The van der Waals surface area contributed by atoms with E-state index < -0.39 is 18.6 Å². The van der Waals surface area contributed by atoms with Crippen LogP contribution >= 0.6 is 0 Å². The quantitative estimate of drug-likeness (QED) is 0.772. The van der Waals surface area contributed by atoms with Gasteiger partial charge in [-0.05, 0) is 39.3 Å². The van der Waals surface area contributed by atoms with Crippen LogP contribution in [0.3, 0.4) is 0 Å². The minimum atomic E-state index is -4.16. The third-order valence-electron chi connectivity index (χ3n) is 3.00. The van der Waals surface area contributed by atoms with E-state index in [1.807, 2.05) is 18.7 Å². The van der Waals surface area contributed by atoms with E-state index in [1.54, 1.807) is 0 Å². The number of alkyl halides is 3. The Kier molecular flexibility index (Phi) is 8.24. The fourth-order valence-electron chi connectivity index (χ4n) is 2.17. The van der Waals surface area contributed by atoms with Crippen LogP contribution in [0.2, 0.25) is 0 Å². The van der Waals surface area contributed by atoms with Crippen molar-refractivity contribution in [3.05, 3.63) is 0 Å². The molecule has 0 bridgehead atoms. The molecule has 0 aliphatic carbocycles. The molecule has 1 heterocycles. The second-order valence-corrected chi connectivity index (χ2v) is 4.38. The highest BCUT2D eigenvalue weighted by molar-refractivity contribution is 5.81. The Morgan fingerprint density at radius 2 is 1.67 bits per heavy atom. The van der Waals surface area contributed by atoms with Crippen LogP contribution in [0.25, 0.3) is 0 Å². The highest BCUT2D eigenvalue weighted by atomic mass is 19.4. The van der Waals surface area contributed by atoms with Gasteiger partial charge in [-0.2, -0.15) is 13.2 Å². The van der Waals surface area contributed by atoms with Gasteiger partial charge in [-0.3, -0.25) is 9.69 Å². The van der Waals surface area contributed by atoms with Crippen molar-refractivity contribution in [3.63, 3.8) is 0 Å². The standard InChI is InChI=1S/C11H18F3NO.C2H6/c1-9(16)10(5-6-11(12,13)14)15-7-3-2-4-8-15;1-2/h10H,2-8H2,1H3;1-2H3. The molecular weight excluding hydrogens is 243 g/mol. The molecule has 0 N–H and O–H groups in total. The summed E-state index contributed by atoms with van der Waals surface area (Å²) in [5, 5.41) is 0. The summed E-state index contributed by atoms with van der Waals surface area (Å²) in [6.07, 6.45) is -2.05. The molecule has 1 aliphatic rings. The fourth-order valence-corrected chi connectivity index (χ4v) is 2.17. The second kappa shape index (κ2) is 8.51. The monoisotopic (exact) mass is 267 g/mol. The van der Waals surface area contributed by atoms with Gasteiger partial charge in [-0.1, -0.05) is 20.3 Å². The number of rotatable bonds is 4. The first-order valence-electron chi connectivity index (χ1n) is 6.71. The predicted octanol–water partition coefficient (Wildman–Crippen LogP) is 3.80. The lowest BCUT2D eigenvalue weighted by atomic mass is 10.0. The van der Waals surface area contributed by atoms with E-state index in [0.29, 0.717) is 0 Å². The van der Waals surface area contributed by atoms with Gasteiger partial charge < -0.3 is 0 Å². The average molecular weight is 267 g/mol. The Bertz CT molecular complexity index is 235. The summed E-state index contributed by atoms with van der Waals surface area (Å²) in [5.74, 6) is -0.147. The largest absolute Gasteiger partial charge is 0.389 e. The summed E-state index contributed by atoms with van der Waals surface area (Å²) in [4.78, 5) is 13.3. The number of carbonyl (C=O) groups excluding carboxylic acids is 1. The number of hydrogen-bond acceptors (Lipinski definition) is 2. The van der Waals surface area contributed by atoms with Gasteiger partial charge in [0.15, 0.2) is 0 Å². The van der Waals surface area contributed by atoms with Crippen LogP contribution in [-0.4, -0.2) is 36.0 Å². The van der Waals surface area contributed by atoms with Crippen molar-refractivity contribution in [2.45, 2.75) is 65.1 Å². The van der Waals surface area contributed by atoms with E-state index >= 15 is 0 Å². The molecule has 0 radical (unpaired) electrons. The number of Topliss-reactive ketones (excluding diaryl/α,β-unsaturated/α-hetero) is 1. The molecule has 0 aromatic carbocycles. The average Bonchev–Trinajstić information content (AvgIpc) is 2.31. The fraction of sp³-hybridized carbons (Fsp3) is 0.923. The molecular formula is C13H24F3NO. The number of halogens is 3. The van der Waals surface area contributed by atoms with Crippen LogP contribution in [0.5, 0.6) is 0 Å². The zero-order chi connectivity index (χ0) is 14.2. The Morgan fingerprint density at radius 3 is 2.06 bits per heavy atom. The predicted molar refractivity (Wildman–Crippen MR) is 66.5 cm³/mol.